The summed E-state index contributed by atoms with van der Waals surface area (Å²) in [7, 11) is 0. The summed E-state index contributed by atoms with van der Waals surface area (Å²) in [6.45, 7) is 2.39. The molecule has 0 saturated heterocycles. The molecule has 0 radical (unpaired) electrons. The van der Waals surface area contributed by atoms with Crippen LogP contribution in [0.1, 0.15) is 34.9 Å². The Balaban J connectivity index is 1.18. The van der Waals surface area contributed by atoms with Gasteiger partial charge in [-0.05, 0) is 42.3 Å². The molecule has 1 amide bonds. The molecular formula is C22H26N3OS+. The van der Waals surface area contributed by atoms with Crippen molar-refractivity contribution in [3.63, 3.8) is 0 Å². The number of H-pyrrole nitrogens is 1. The average Bonchev–Trinajstić information content (AvgIpc) is 3.25. The van der Waals surface area contributed by atoms with Crippen LogP contribution in [0.3, 0.4) is 0 Å². The number of aromatic amines is 1. The van der Waals surface area contributed by atoms with E-state index in [0.717, 1.165) is 30.8 Å². The van der Waals surface area contributed by atoms with Gasteiger partial charge in [-0.1, -0.05) is 18.2 Å². The lowest BCUT2D eigenvalue weighted by atomic mass is 9.96. The van der Waals surface area contributed by atoms with Gasteiger partial charge in [-0.2, -0.15) is 0 Å². The van der Waals surface area contributed by atoms with Gasteiger partial charge in [0, 0.05) is 46.4 Å². The number of quaternary nitrogens is 1. The van der Waals surface area contributed by atoms with Crippen molar-refractivity contribution >= 4 is 28.1 Å². The molecule has 1 aromatic carbocycles. The van der Waals surface area contributed by atoms with Crippen LogP contribution in [0.25, 0.3) is 10.9 Å². The van der Waals surface area contributed by atoms with Crippen LogP contribution in [0.2, 0.25) is 0 Å². The summed E-state index contributed by atoms with van der Waals surface area (Å²) in [5, 5.41) is 6.64. The van der Waals surface area contributed by atoms with Crippen LogP contribution in [0.15, 0.2) is 41.9 Å². The monoisotopic (exact) mass is 380 g/mol. The lowest BCUT2D eigenvalue weighted by Gasteiger charge is -2.32. The van der Waals surface area contributed by atoms with Gasteiger partial charge >= 0.3 is 0 Å². The lowest BCUT2D eigenvalue weighted by molar-refractivity contribution is -0.928. The lowest BCUT2D eigenvalue weighted by Crippen LogP contribution is -3.14. The molecule has 3 heterocycles. The van der Waals surface area contributed by atoms with Crippen molar-refractivity contribution in [3.8, 4) is 0 Å². The summed E-state index contributed by atoms with van der Waals surface area (Å²) in [4.78, 5) is 18.9. The number of benzene rings is 1. The van der Waals surface area contributed by atoms with Crippen molar-refractivity contribution in [1.29, 1.82) is 0 Å². The zero-order valence-electron chi connectivity index (χ0n) is 15.5. The molecule has 1 aliphatic heterocycles. The number of fused-ring (bicyclic) bond motifs is 2. The number of para-hydroxylation sites is 1. The second-order valence-electron chi connectivity index (χ2n) is 7.91. The molecular weight excluding hydrogens is 354 g/mol. The van der Waals surface area contributed by atoms with Crippen LogP contribution < -0.4 is 10.2 Å². The van der Waals surface area contributed by atoms with Crippen molar-refractivity contribution in [3.05, 3.63) is 57.9 Å². The zero-order chi connectivity index (χ0) is 18.2. The van der Waals surface area contributed by atoms with E-state index in [1.807, 2.05) is 17.4 Å². The molecule has 5 heteroatoms. The van der Waals surface area contributed by atoms with Gasteiger partial charge in [-0.25, -0.2) is 0 Å². The molecule has 1 unspecified atom stereocenters. The number of nitrogens with one attached hydrogen (secondary N) is 3. The average molecular weight is 381 g/mol. The van der Waals surface area contributed by atoms with Crippen LogP contribution in [-0.2, 0) is 17.6 Å². The van der Waals surface area contributed by atoms with E-state index in [9.17, 15) is 4.79 Å². The minimum absolute atomic E-state index is 0.189. The van der Waals surface area contributed by atoms with E-state index in [-0.39, 0.29) is 5.91 Å². The predicted octanol–water partition coefficient (Wildman–Crippen LogP) is 2.48. The first-order valence-corrected chi connectivity index (χ1v) is 10.9. The van der Waals surface area contributed by atoms with Gasteiger partial charge in [0.15, 0.2) is 6.54 Å². The van der Waals surface area contributed by atoms with Crippen molar-refractivity contribution < 1.29 is 9.69 Å². The van der Waals surface area contributed by atoms with Gasteiger partial charge in [0.05, 0.1) is 6.54 Å². The van der Waals surface area contributed by atoms with Gasteiger partial charge in [0.1, 0.15) is 6.04 Å². The molecule has 2 aromatic heterocycles. The highest BCUT2D eigenvalue weighted by molar-refractivity contribution is 7.10. The van der Waals surface area contributed by atoms with Crippen molar-refractivity contribution in [2.45, 2.75) is 31.7 Å². The molecule has 4 nitrogen and oxygen atoms in total. The summed E-state index contributed by atoms with van der Waals surface area (Å²) in [6, 6.07) is 11.2. The van der Waals surface area contributed by atoms with E-state index in [0.29, 0.717) is 19.1 Å². The topological polar surface area (TPSA) is 49.3 Å². The van der Waals surface area contributed by atoms with E-state index in [4.69, 9.17) is 0 Å². The molecule has 1 aliphatic carbocycles. The maximum absolute atomic E-state index is 12.6. The summed E-state index contributed by atoms with van der Waals surface area (Å²) >= 11 is 1.89. The predicted molar refractivity (Wildman–Crippen MR) is 109 cm³/mol. The Kier molecular flexibility index (Phi) is 4.50. The molecule has 140 valence electrons. The van der Waals surface area contributed by atoms with Crippen molar-refractivity contribution in [2.24, 2.45) is 5.92 Å². The highest BCUT2D eigenvalue weighted by Gasteiger charge is 2.43. The van der Waals surface area contributed by atoms with Crippen molar-refractivity contribution in [1.82, 2.24) is 10.3 Å². The number of aromatic nitrogens is 1. The van der Waals surface area contributed by atoms with Crippen LogP contribution in [0, 0.1) is 5.92 Å². The van der Waals surface area contributed by atoms with Gasteiger partial charge in [-0.3, -0.25) is 4.79 Å². The molecule has 0 bridgehead atoms. The smallest absolute Gasteiger partial charge is 0.275 e. The Morgan fingerprint density at radius 1 is 1.26 bits per heavy atom. The first-order valence-electron chi connectivity index (χ1n) is 10.0. The Morgan fingerprint density at radius 2 is 2.15 bits per heavy atom. The molecule has 27 heavy (non-hydrogen) atoms. The van der Waals surface area contributed by atoms with E-state index < -0.39 is 0 Å². The van der Waals surface area contributed by atoms with E-state index in [1.54, 1.807) is 4.88 Å². The Morgan fingerprint density at radius 3 is 3.04 bits per heavy atom. The number of rotatable bonds is 6. The van der Waals surface area contributed by atoms with E-state index >= 15 is 0 Å². The SMILES string of the molecule is O=C(C[NH+]1CCc2sccc2[C@@H]1C1CC1)NCCc1c[nH]c2ccccc12. The molecule has 1 fully saturated rings. The molecule has 2 aliphatic rings. The standard InChI is InChI=1S/C22H25N3OS/c26-21(23-10-7-16-13-24-19-4-2-1-3-17(16)19)14-25-11-8-20-18(9-12-27-20)22(25)15-5-6-15/h1-4,9,12-13,15,22,24H,5-8,10-11,14H2,(H,23,26)/p+1/t22-/m0/s1. The van der Waals surface area contributed by atoms with Crippen LogP contribution in [0.4, 0.5) is 0 Å². The number of hydrogen-bond acceptors (Lipinski definition) is 2. The van der Waals surface area contributed by atoms with Crippen LogP contribution in [-0.4, -0.2) is 30.5 Å². The molecule has 5 rings (SSSR count). The second kappa shape index (κ2) is 7.13. The minimum atomic E-state index is 0.189. The first kappa shape index (κ1) is 17.0. The molecule has 1 saturated carbocycles. The number of carbonyl (C=O) groups is 1. The molecule has 3 aromatic rings. The maximum Gasteiger partial charge on any atom is 0.275 e. The third-order valence-electron chi connectivity index (χ3n) is 6.10. The fourth-order valence-corrected chi connectivity index (χ4v) is 5.57. The van der Waals surface area contributed by atoms with E-state index in [2.05, 4.69) is 46.1 Å². The van der Waals surface area contributed by atoms with Crippen LogP contribution in [0.5, 0.6) is 0 Å². The number of thiophene rings is 1. The number of hydrogen-bond donors (Lipinski definition) is 3. The quantitative estimate of drug-likeness (QED) is 0.605. The van der Waals surface area contributed by atoms with Gasteiger partial charge in [-0.15, -0.1) is 11.3 Å². The summed E-state index contributed by atoms with van der Waals surface area (Å²) in [5.74, 6) is 0.974. The fourth-order valence-electron chi connectivity index (χ4n) is 4.64. The van der Waals surface area contributed by atoms with Gasteiger partial charge < -0.3 is 15.2 Å². The Labute approximate surface area is 163 Å². The second-order valence-corrected chi connectivity index (χ2v) is 8.91. The highest BCUT2D eigenvalue weighted by atomic mass is 32.1. The summed E-state index contributed by atoms with van der Waals surface area (Å²) < 4.78 is 0. The number of amides is 1. The minimum Gasteiger partial charge on any atom is -0.361 e. The zero-order valence-corrected chi connectivity index (χ0v) is 16.3. The van der Waals surface area contributed by atoms with Gasteiger partial charge in [0.25, 0.3) is 5.91 Å². The number of carbonyl (C=O) groups excluding carboxylic acids is 1. The summed E-state index contributed by atoms with van der Waals surface area (Å²) in [6.07, 6.45) is 6.70. The third kappa shape index (κ3) is 3.42. The first-order chi connectivity index (χ1) is 13.3. The summed E-state index contributed by atoms with van der Waals surface area (Å²) in [5.41, 5.74) is 3.96. The normalized spacial score (nSPS) is 21.9. The Bertz CT molecular complexity index is 955. The molecule has 2 atom stereocenters. The van der Waals surface area contributed by atoms with Crippen LogP contribution >= 0.6 is 11.3 Å². The third-order valence-corrected chi connectivity index (χ3v) is 7.10. The molecule has 0 spiro atoms. The fraction of sp³-hybridized carbons (Fsp3) is 0.409. The Hall–Kier alpha value is -2.11. The maximum atomic E-state index is 12.6. The largest absolute Gasteiger partial charge is 0.361 e. The van der Waals surface area contributed by atoms with E-state index in [1.165, 1.54) is 34.3 Å². The molecule has 3 N–H and O–H groups in total. The highest BCUT2D eigenvalue weighted by Crippen LogP contribution is 2.42. The van der Waals surface area contributed by atoms with Gasteiger partial charge in [0.2, 0.25) is 0 Å². The van der Waals surface area contributed by atoms with Crippen molar-refractivity contribution in [2.75, 3.05) is 19.6 Å².